The van der Waals surface area contributed by atoms with Gasteiger partial charge in [0.15, 0.2) is 6.23 Å². The number of hydrogen-bond donors (Lipinski definition) is 4. The molecule has 0 aliphatic carbocycles. The number of aryl methyl sites for hydroxylation is 1. The van der Waals surface area contributed by atoms with E-state index in [1.54, 1.807) is 6.20 Å². The highest BCUT2D eigenvalue weighted by molar-refractivity contribution is 5.36. The van der Waals surface area contributed by atoms with Gasteiger partial charge in [0.1, 0.15) is 24.1 Å². The van der Waals surface area contributed by atoms with E-state index in [2.05, 4.69) is 23.7 Å². The van der Waals surface area contributed by atoms with Crippen molar-refractivity contribution >= 4 is 5.82 Å². The Labute approximate surface area is 178 Å². The fraction of sp³-hybridized carbons (Fsp3) is 0.810. The summed E-state index contributed by atoms with van der Waals surface area (Å²) in [6.45, 7) is 7.23. The van der Waals surface area contributed by atoms with Crippen molar-refractivity contribution in [3.8, 4) is 0 Å². The van der Waals surface area contributed by atoms with E-state index in [1.807, 2.05) is 0 Å². The molecule has 5 N–H and O–H groups in total. The molecule has 2 heterocycles. The van der Waals surface area contributed by atoms with E-state index >= 15 is 0 Å². The van der Waals surface area contributed by atoms with Crippen molar-refractivity contribution in [2.75, 3.05) is 32.0 Å². The van der Waals surface area contributed by atoms with E-state index in [0.717, 1.165) is 37.0 Å². The largest absolute Gasteiger partial charge is 0.394 e. The number of anilines is 1. The molecule has 30 heavy (non-hydrogen) atoms. The predicted octanol–water partition coefficient (Wildman–Crippen LogP) is 0.662. The summed E-state index contributed by atoms with van der Waals surface area (Å²) in [5, 5.41) is 29.4. The zero-order chi connectivity index (χ0) is 22.1. The third-order valence-electron chi connectivity index (χ3n) is 5.68. The lowest BCUT2D eigenvalue weighted by Gasteiger charge is -2.22. The van der Waals surface area contributed by atoms with Gasteiger partial charge in [-0.15, -0.1) is 0 Å². The Morgan fingerprint density at radius 2 is 1.73 bits per heavy atom. The molecule has 1 aromatic rings. The molecule has 2 unspecified atom stereocenters. The topological polar surface area (TPSA) is 134 Å². The van der Waals surface area contributed by atoms with Gasteiger partial charge in [0, 0.05) is 11.8 Å². The van der Waals surface area contributed by atoms with Crippen LogP contribution in [0.3, 0.4) is 0 Å². The maximum atomic E-state index is 12.3. The molecule has 9 nitrogen and oxygen atoms in total. The van der Waals surface area contributed by atoms with Crippen LogP contribution in [0.25, 0.3) is 0 Å². The third kappa shape index (κ3) is 6.49. The molecule has 1 aliphatic rings. The van der Waals surface area contributed by atoms with Crippen LogP contribution >= 0.6 is 0 Å². The highest BCUT2D eigenvalue weighted by atomic mass is 16.6. The van der Waals surface area contributed by atoms with Crippen LogP contribution in [0.15, 0.2) is 11.0 Å². The third-order valence-corrected chi connectivity index (χ3v) is 5.68. The van der Waals surface area contributed by atoms with E-state index < -0.39 is 36.8 Å². The van der Waals surface area contributed by atoms with Gasteiger partial charge in [0.2, 0.25) is 0 Å². The fourth-order valence-electron chi connectivity index (χ4n) is 3.76. The van der Waals surface area contributed by atoms with Crippen LogP contribution in [-0.2, 0) is 11.2 Å². The normalized spacial score (nSPS) is 24.1. The van der Waals surface area contributed by atoms with E-state index in [9.17, 15) is 20.1 Å². The Morgan fingerprint density at radius 1 is 1.10 bits per heavy atom. The Kier molecular flexibility index (Phi) is 10.2. The number of hydrogen-bond acceptors (Lipinski definition) is 8. The minimum absolute atomic E-state index is 0.178. The van der Waals surface area contributed by atoms with Crippen LogP contribution in [0, 0.1) is 0 Å². The number of nitrogen functional groups attached to an aromatic ring is 1. The summed E-state index contributed by atoms with van der Waals surface area (Å²) in [7, 11) is 0. The molecule has 9 heteroatoms. The summed E-state index contributed by atoms with van der Waals surface area (Å²) in [6.07, 6.45) is 4.25. The SMILES string of the molecule is CCCCN(CCCC)CCCCc1cn([C@@H]2O[C@H](CO)C(O)C2O)c(=O)nc1N. The second-order valence-corrected chi connectivity index (χ2v) is 8.08. The van der Waals surface area contributed by atoms with Gasteiger partial charge in [-0.25, -0.2) is 4.79 Å². The van der Waals surface area contributed by atoms with Crippen LogP contribution in [0.1, 0.15) is 64.2 Å². The number of rotatable bonds is 13. The highest BCUT2D eigenvalue weighted by Crippen LogP contribution is 2.28. The fourth-order valence-corrected chi connectivity index (χ4v) is 3.76. The molecule has 0 radical (unpaired) electrons. The first kappa shape index (κ1) is 24.7. The molecule has 2 rings (SSSR count). The van der Waals surface area contributed by atoms with E-state index in [-0.39, 0.29) is 5.82 Å². The lowest BCUT2D eigenvalue weighted by molar-refractivity contribution is -0.0550. The van der Waals surface area contributed by atoms with Crippen molar-refractivity contribution in [3.63, 3.8) is 0 Å². The quantitative estimate of drug-likeness (QED) is 0.338. The van der Waals surface area contributed by atoms with Crippen LogP contribution in [0.4, 0.5) is 5.82 Å². The molecular weight excluding hydrogens is 388 g/mol. The molecule has 1 fully saturated rings. The predicted molar refractivity (Wildman–Crippen MR) is 115 cm³/mol. The molecule has 1 saturated heterocycles. The zero-order valence-corrected chi connectivity index (χ0v) is 18.2. The van der Waals surface area contributed by atoms with Crippen molar-refractivity contribution in [1.82, 2.24) is 14.5 Å². The molecule has 172 valence electrons. The molecule has 4 atom stereocenters. The summed E-state index contributed by atoms with van der Waals surface area (Å²) in [4.78, 5) is 18.6. The second-order valence-electron chi connectivity index (χ2n) is 8.08. The first-order chi connectivity index (χ1) is 14.4. The maximum absolute atomic E-state index is 12.3. The van der Waals surface area contributed by atoms with Gasteiger partial charge in [0.25, 0.3) is 0 Å². The number of aromatic nitrogens is 2. The molecule has 0 aromatic carbocycles. The molecular formula is C21H38N4O5. The lowest BCUT2D eigenvalue weighted by Crippen LogP contribution is -2.36. The summed E-state index contributed by atoms with van der Waals surface area (Å²) < 4.78 is 6.61. The molecule has 1 aliphatic heterocycles. The number of aliphatic hydroxyl groups is 3. The van der Waals surface area contributed by atoms with Crippen molar-refractivity contribution in [2.45, 2.75) is 83.3 Å². The second kappa shape index (κ2) is 12.4. The Bertz CT molecular complexity index is 690. The van der Waals surface area contributed by atoms with Gasteiger partial charge in [0.05, 0.1) is 6.61 Å². The van der Waals surface area contributed by atoms with Crippen molar-refractivity contribution in [2.24, 2.45) is 0 Å². The van der Waals surface area contributed by atoms with Crippen molar-refractivity contribution in [1.29, 1.82) is 0 Å². The molecule has 0 amide bonds. The van der Waals surface area contributed by atoms with E-state index in [1.165, 1.54) is 25.7 Å². The molecule has 1 aromatic heterocycles. The first-order valence-corrected chi connectivity index (χ1v) is 11.1. The first-order valence-electron chi connectivity index (χ1n) is 11.1. The number of aliphatic hydroxyl groups excluding tert-OH is 3. The number of nitrogens with zero attached hydrogens (tertiary/aromatic N) is 3. The van der Waals surface area contributed by atoms with Gasteiger partial charge in [-0.05, 0) is 51.7 Å². The van der Waals surface area contributed by atoms with Gasteiger partial charge in [-0.1, -0.05) is 26.7 Å². The van der Waals surface area contributed by atoms with Crippen LogP contribution < -0.4 is 11.4 Å². The lowest BCUT2D eigenvalue weighted by atomic mass is 10.1. The van der Waals surface area contributed by atoms with E-state index in [0.29, 0.717) is 12.0 Å². The number of nitrogens with two attached hydrogens (primary N) is 1. The van der Waals surface area contributed by atoms with Crippen LogP contribution in [0.2, 0.25) is 0 Å². The minimum Gasteiger partial charge on any atom is -0.394 e. The van der Waals surface area contributed by atoms with Crippen LogP contribution in [0.5, 0.6) is 0 Å². The highest BCUT2D eigenvalue weighted by Gasteiger charge is 2.43. The summed E-state index contributed by atoms with van der Waals surface area (Å²) in [6, 6.07) is 0. The Hall–Kier alpha value is -1.52. The average molecular weight is 427 g/mol. The maximum Gasteiger partial charge on any atom is 0.351 e. The van der Waals surface area contributed by atoms with Gasteiger partial charge in [-0.3, -0.25) is 4.57 Å². The Balaban J connectivity index is 1.98. The number of unbranched alkanes of at least 4 members (excludes halogenated alkanes) is 3. The summed E-state index contributed by atoms with van der Waals surface area (Å²) >= 11 is 0. The Morgan fingerprint density at radius 3 is 2.30 bits per heavy atom. The zero-order valence-electron chi connectivity index (χ0n) is 18.2. The van der Waals surface area contributed by atoms with Crippen LogP contribution in [-0.4, -0.2) is 74.3 Å². The van der Waals surface area contributed by atoms with Gasteiger partial charge < -0.3 is 30.7 Å². The molecule has 0 saturated carbocycles. The summed E-state index contributed by atoms with van der Waals surface area (Å²) in [5.41, 5.74) is 6.00. The minimum atomic E-state index is -1.33. The smallest absolute Gasteiger partial charge is 0.351 e. The van der Waals surface area contributed by atoms with Crippen molar-refractivity contribution < 1.29 is 20.1 Å². The standard InChI is InChI=1S/C21H38N4O5/c1-3-5-10-24(11-6-4-2)12-8-7-9-15-13-25(21(29)23-19(15)22)20-18(28)17(27)16(14-26)30-20/h13,16-18,20,26-28H,3-12,14H2,1-2H3,(H2,22,23,29)/t16-,17?,18?,20-/m1/s1. The molecule has 0 spiro atoms. The molecule has 0 bridgehead atoms. The monoisotopic (exact) mass is 426 g/mol. The summed E-state index contributed by atoms with van der Waals surface area (Å²) in [5.74, 6) is 0.178. The average Bonchev–Trinajstić information content (AvgIpc) is 3.02. The van der Waals surface area contributed by atoms with Gasteiger partial charge in [-0.2, -0.15) is 4.98 Å². The van der Waals surface area contributed by atoms with E-state index in [4.69, 9.17) is 10.5 Å². The number of ether oxygens (including phenoxy) is 1. The van der Waals surface area contributed by atoms with Crippen molar-refractivity contribution in [3.05, 3.63) is 22.2 Å². The van der Waals surface area contributed by atoms with Gasteiger partial charge >= 0.3 is 5.69 Å².